The maximum atomic E-state index is 13.8. The summed E-state index contributed by atoms with van der Waals surface area (Å²) in [5.74, 6) is -1.11. The topological polar surface area (TPSA) is 142 Å². The third-order valence-corrected chi connectivity index (χ3v) is 10.5. The molecule has 1 amide bonds. The molecule has 10 nitrogen and oxygen atoms in total. The molecule has 1 aromatic heterocycles. The normalized spacial score (nSPS) is 22.6. The summed E-state index contributed by atoms with van der Waals surface area (Å²) in [5.41, 5.74) is -4.14. The molecule has 2 saturated heterocycles. The Kier molecular flexibility index (Phi) is 9.32. The van der Waals surface area contributed by atoms with Gasteiger partial charge in [0, 0.05) is 12.1 Å². The van der Waals surface area contributed by atoms with E-state index in [4.69, 9.17) is 17.7 Å². The second-order valence-electron chi connectivity index (χ2n) is 10.1. The van der Waals surface area contributed by atoms with Gasteiger partial charge in [-0.1, -0.05) is 72.8 Å². The number of β-lactam (4-membered cyclic amide) rings is 1. The lowest BCUT2D eigenvalue weighted by Crippen LogP contribution is -2.57. The number of esters is 1. The lowest BCUT2D eigenvalue weighted by Gasteiger charge is -2.36. The van der Waals surface area contributed by atoms with Crippen molar-refractivity contribution in [1.82, 2.24) is 4.90 Å². The number of halogens is 3. The number of allylic oxidation sites excluding steroid dienone is 1. The molecule has 3 aromatic rings. The van der Waals surface area contributed by atoms with E-state index < -0.39 is 53.7 Å². The number of rotatable bonds is 7. The number of alkyl halides is 3. The number of sulfone groups is 1. The van der Waals surface area contributed by atoms with Crippen LogP contribution in [0.3, 0.4) is 0 Å². The van der Waals surface area contributed by atoms with E-state index in [0.29, 0.717) is 6.54 Å². The lowest BCUT2D eigenvalue weighted by atomic mass is 9.95. The molecule has 3 atom stereocenters. The van der Waals surface area contributed by atoms with Crippen LogP contribution < -0.4 is 4.57 Å². The van der Waals surface area contributed by atoms with Crippen LogP contribution in [-0.2, 0) is 40.8 Å². The molecule has 15 heteroatoms. The SMILES string of the molecule is CC1(/C=C/C[n+]2ccccc2)C(C(=O)OC(c2ccccc2)c2ccccc2)N2C(=O)CC2S1(=O)=O.O=S(=O)([O-])C(F)(F)F. The summed E-state index contributed by atoms with van der Waals surface area (Å²) in [6, 6.07) is 22.9. The molecule has 3 heterocycles. The van der Waals surface area contributed by atoms with Crippen LogP contribution in [0, 0.1) is 0 Å². The number of carbonyl (C=O) groups excluding carboxylic acids is 2. The van der Waals surface area contributed by atoms with Crippen LogP contribution in [0.2, 0.25) is 0 Å². The second kappa shape index (κ2) is 12.5. The number of nitrogens with zero attached hydrogens (tertiary/aromatic N) is 2. The third-order valence-electron chi connectivity index (χ3n) is 7.23. The summed E-state index contributed by atoms with van der Waals surface area (Å²) in [7, 11) is -9.96. The van der Waals surface area contributed by atoms with Gasteiger partial charge in [0.15, 0.2) is 51.0 Å². The zero-order valence-electron chi connectivity index (χ0n) is 23.1. The van der Waals surface area contributed by atoms with Gasteiger partial charge in [-0.15, -0.1) is 0 Å². The Balaban J connectivity index is 0.000000488. The van der Waals surface area contributed by atoms with Gasteiger partial charge in [0.2, 0.25) is 5.91 Å². The molecule has 0 aliphatic carbocycles. The molecule has 234 valence electrons. The molecule has 0 radical (unpaired) electrons. The van der Waals surface area contributed by atoms with Crippen molar-refractivity contribution in [3.8, 4) is 0 Å². The van der Waals surface area contributed by atoms with Crippen molar-refractivity contribution in [2.24, 2.45) is 0 Å². The van der Waals surface area contributed by atoms with Gasteiger partial charge in [-0.05, 0) is 24.1 Å². The summed E-state index contributed by atoms with van der Waals surface area (Å²) in [5, 5.41) is -1.02. The average Bonchev–Trinajstić information content (AvgIpc) is 3.11. The smallest absolute Gasteiger partial charge is 0.485 e. The fourth-order valence-corrected chi connectivity index (χ4v) is 7.25. The fourth-order valence-electron chi connectivity index (χ4n) is 4.96. The standard InChI is InChI=1S/C28H27N2O5S.CHF3O3S/c1-28(16-11-19-29-17-9-4-10-18-29)26(30-23(31)20-24(30)36(28,33)34)27(32)35-25(21-12-5-2-6-13-21)22-14-7-3-8-15-22;2-1(3,4)8(5,6)7/h2-18,24-26H,19-20H2,1H3;(H,5,6,7)/q+1;/p-1/b16-11+;. The molecule has 5 rings (SSSR count). The highest BCUT2D eigenvalue weighted by Crippen LogP contribution is 2.47. The van der Waals surface area contributed by atoms with Crippen LogP contribution in [0.5, 0.6) is 0 Å². The summed E-state index contributed by atoms with van der Waals surface area (Å²) < 4.78 is 92.3. The van der Waals surface area contributed by atoms with Gasteiger partial charge in [-0.2, -0.15) is 13.2 Å². The van der Waals surface area contributed by atoms with Crippen molar-refractivity contribution < 1.29 is 53.5 Å². The lowest BCUT2D eigenvalue weighted by molar-refractivity contribution is -0.687. The van der Waals surface area contributed by atoms with Gasteiger partial charge in [0.1, 0.15) is 10.1 Å². The van der Waals surface area contributed by atoms with E-state index in [-0.39, 0.29) is 12.3 Å². The number of aromatic nitrogens is 1. The number of amides is 1. The Hall–Kier alpha value is -4.08. The summed E-state index contributed by atoms with van der Waals surface area (Å²) in [6.07, 6.45) is 6.13. The van der Waals surface area contributed by atoms with Crippen molar-refractivity contribution >= 4 is 31.8 Å². The Bertz CT molecular complexity index is 1700. The molecule has 2 aromatic carbocycles. The summed E-state index contributed by atoms with van der Waals surface area (Å²) >= 11 is 0. The van der Waals surface area contributed by atoms with E-state index in [0.717, 1.165) is 11.1 Å². The first-order valence-electron chi connectivity index (χ1n) is 13.1. The summed E-state index contributed by atoms with van der Waals surface area (Å²) in [6.45, 7) is 1.93. The minimum absolute atomic E-state index is 0.121. The molecular weight excluding hydrogens is 625 g/mol. The predicted octanol–water partition coefficient (Wildman–Crippen LogP) is 3.03. The maximum absolute atomic E-state index is 13.8. The number of ether oxygens (including phenoxy) is 1. The van der Waals surface area contributed by atoms with Crippen LogP contribution >= 0.6 is 0 Å². The Morgan fingerprint density at radius 1 is 1.05 bits per heavy atom. The van der Waals surface area contributed by atoms with Crippen molar-refractivity contribution in [2.75, 3.05) is 0 Å². The van der Waals surface area contributed by atoms with E-state index in [1.54, 1.807) is 12.2 Å². The quantitative estimate of drug-likeness (QED) is 0.0948. The molecule has 3 unspecified atom stereocenters. The number of benzene rings is 2. The number of fused-ring (bicyclic) bond motifs is 1. The van der Waals surface area contributed by atoms with Crippen molar-refractivity contribution in [3.05, 3.63) is 115 Å². The number of hydrogen-bond donors (Lipinski definition) is 0. The molecule has 0 bridgehead atoms. The number of hydrogen-bond acceptors (Lipinski definition) is 8. The minimum atomic E-state index is -6.09. The zero-order valence-corrected chi connectivity index (χ0v) is 24.7. The molecule has 0 spiro atoms. The first kappa shape index (κ1) is 32.8. The second-order valence-corrected chi connectivity index (χ2v) is 14.0. The van der Waals surface area contributed by atoms with Gasteiger partial charge in [-0.25, -0.2) is 26.2 Å². The zero-order chi connectivity index (χ0) is 32.3. The predicted molar refractivity (Wildman–Crippen MR) is 149 cm³/mol. The number of carbonyl (C=O) groups is 2. The Labute approximate surface area is 252 Å². The highest BCUT2D eigenvalue weighted by Gasteiger charge is 2.69. The number of pyridine rings is 1. The molecular formula is C29H27F3N2O8S2. The monoisotopic (exact) mass is 652 g/mol. The van der Waals surface area contributed by atoms with Gasteiger partial charge in [-0.3, -0.25) is 4.79 Å². The van der Waals surface area contributed by atoms with Crippen LogP contribution in [0.4, 0.5) is 13.2 Å². The summed E-state index contributed by atoms with van der Waals surface area (Å²) in [4.78, 5) is 27.5. The average molecular weight is 653 g/mol. The fraction of sp³-hybridized carbons (Fsp3) is 0.276. The molecule has 0 N–H and O–H groups in total. The van der Waals surface area contributed by atoms with E-state index in [1.807, 2.05) is 95.8 Å². The molecule has 2 aliphatic rings. The minimum Gasteiger partial charge on any atom is -0.741 e. The van der Waals surface area contributed by atoms with Crippen molar-refractivity contribution in [1.29, 1.82) is 0 Å². The largest absolute Gasteiger partial charge is 0.741 e. The van der Waals surface area contributed by atoms with Crippen LogP contribution in [-0.4, -0.2) is 59.8 Å². The first-order valence-corrected chi connectivity index (χ1v) is 16.0. The van der Waals surface area contributed by atoms with Crippen LogP contribution in [0.1, 0.15) is 30.6 Å². The maximum Gasteiger partial charge on any atom is 0.485 e. The Morgan fingerprint density at radius 2 is 1.52 bits per heavy atom. The molecule has 2 aliphatic heterocycles. The highest BCUT2D eigenvalue weighted by molar-refractivity contribution is 7.94. The molecule has 0 saturated carbocycles. The van der Waals surface area contributed by atoms with Crippen molar-refractivity contribution in [2.45, 2.75) is 47.7 Å². The van der Waals surface area contributed by atoms with Gasteiger partial charge in [0.05, 0.1) is 6.42 Å². The van der Waals surface area contributed by atoms with Gasteiger partial charge < -0.3 is 14.2 Å². The van der Waals surface area contributed by atoms with E-state index in [9.17, 15) is 31.2 Å². The van der Waals surface area contributed by atoms with Crippen molar-refractivity contribution in [3.63, 3.8) is 0 Å². The highest BCUT2D eigenvalue weighted by atomic mass is 32.2. The Morgan fingerprint density at radius 3 is 1.98 bits per heavy atom. The van der Waals surface area contributed by atoms with E-state index in [1.165, 1.54) is 11.8 Å². The molecule has 44 heavy (non-hydrogen) atoms. The van der Waals surface area contributed by atoms with Gasteiger partial charge >= 0.3 is 11.5 Å². The third kappa shape index (κ3) is 6.54. The van der Waals surface area contributed by atoms with Crippen LogP contribution in [0.25, 0.3) is 0 Å². The van der Waals surface area contributed by atoms with Crippen LogP contribution in [0.15, 0.2) is 103 Å². The van der Waals surface area contributed by atoms with E-state index >= 15 is 0 Å². The first-order chi connectivity index (χ1) is 20.6. The van der Waals surface area contributed by atoms with E-state index in [2.05, 4.69) is 0 Å². The molecule has 2 fully saturated rings. The van der Waals surface area contributed by atoms with Gasteiger partial charge in [0.25, 0.3) is 0 Å².